The van der Waals surface area contributed by atoms with Crippen LogP contribution in [-0.2, 0) is 0 Å². The summed E-state index contributed by atoms with van der Waals surface area (Å²) >= 11 is 1.49. The number of halogens is 1. The molecule has 2 aromatic heterocycles. The van der Waals surface area contributed by atoms with Crippen molar-refractivity contribution in [3.63, 3.8) is 0 Å². The Morgan fingerprint density at radius 3 is 2.61 bits per heavy atom. The normalized spacial score (nSPS) is 10.1. The molecular weight excluding hydrogens is 319 g/mol. The van der Waals surface area contributed by atoms with Crippen molar-refractivity contribution in [2.75, 3.05) is 0 Å². The van der Waals surface area contributed by atoms with Crippen molar-refractivity contribution < 1.29 is 14.1 Å². The summed E-state index contributed by atoms with van der Waals surface area (Å²) in [6, 6.07) is 6.85. The van der Waals surface area contributed by atoms with E-state index in [-0.39, 0.29) is 11.4 Å². The first-order valence-electron chi connectivity index (χ1n) is 7.01. The molecular formula is C16H15FN2O3S. The van der Waals surface area contributed by atoms with E-state index in [0.29, 0.717) is 5.75 Å². The number of benzene rings is 1. The number of aromatic nitrogens is 1. The highest BCUT2D eigenvalue weighted by molar-refractivity contribution is 7.19. The van der Waals surface area contributed by atoms with Gasteiger partial charge in [-0.1, -0.05) is 13.8 Å². The summed E-state index contributed by atoms with van der Waals surface area (Å²) in [5, 5.41) is 10.6. The van der Waals surface area contributed by atoms with Crippen LogP contribution in [0.1, 0.15) is 18.7 Å². The quantitative estimate of drug-likeness (QED) is 0.470. The Bertz CT molecular complexity index is 848. The predicted molar refractivity (Wildman–Crippen MR) is 88.8 cm³/mol. The summed E-state index contributed by atoms with van der Waals surface area (Å²) in [7, 11) is 0. The van der Waals surface area contributed by atoms with Gasteiger partial charge in [0.05, 0.1) is 21.2 Å². The molecule has 0 saturated heterocycles. The highest BCUT2D eigenvalue weighted by Gasteiger charge is 2.14. The maximum Gasteiger partial charge on any atom is 0.272 e. The molecule has 1 aromatic carbocycles. The number of fused-ring (bicyclic) bond motifs is 1. The van der Waals surface area contributed by atoms with E-state index in [4.69, 9.17) is 4.74 Å². The van der Waals surface area contributed by atoms with Crippen LogP contribution in [0.15, 0.2) is 36.5 Å². The van der Waals surface area contributed by atoms with Gasteiger partial charge in [0, 0.05) is 23.2 Å². The number of pyridine rings is 1. The van der Waals surface area contributed by atoms with Crippen molar-refractivity contribution >= 4 is 27.2 Å². The summed E-state index contributed by atoms with van der Waals surface area (Å²) in [6.07, 6.45) is 1.58. The number of nitro groups is 1. The lowest BCUT2D eigenvalue weighted by molar-refractivity contribution is -0.385. The Hall–Kier alpha value is -2.54. The molecule has 0 amide bonds. The maximum absolute atomic E-state index is 13.9. The van der Waals surface area contributed by atoms with Crippen molar-refractivity contribution in [1.29, 1.82) is 0 Å². The van der Waals surface area contributed by atoms with Gasteiger partial charge in [-0.2, -0.15) is 0 Å². The summed E-state index contributed by atoms with van der Waals surface area (Å²) in [4.78, 5) is 15.2. The molecule has 0 radical (unpaired) electrons. The second kappa shape index (κ2) is 7.15. The lowest BCUT2D eigenvalue weighted by Gasteiger charge is -2.07. The molecule has 3 aromatic rings. The Kier molecular flexibility index (Phi) is 5.23. The van der Waals surface area contributed by atoms with Gasteiger partial charge in [-0.25, -0.2) is 4.39 Å². The highest BCUT2D eigenvalue weighted by Crippen LogP contribution is 2.35. The molecule has 0 unspecified atom stereocenters. The molecule has 120 valence electrons. The Balaban J connectivity index is 0.000000924. The van der Waals surface area contributed by atoms with Gasteiger partial charge in [-0.3, -0.25) is 15.1 Å². The van der Waals surface area contributed by atoms with Crippen LogP contribution in [0.4, 0.5) is 10.1 Å². The first kappa shape index (κ1) is 16.8. The lowest BCUT2D eigenvalue weighted by atomic mass is 10.3. The van der Waals surface area contributed by atoms with E-state index in [9.17, 15) is 14.5 Å². The fraction of sp³-hybridized carbons (Fsp3) is 0.188. The average molecular weight is 334 g/mol. The molecule has 0 saturated carbocycles. The minimum absolute atomic E-state index is 0.0563. The Labute approximate surface area is 136 Å². The van der Waals surface area contributed by atoms with Crippen LogP contribution in [0.2, 0.25) is 0 Å². The second-order valence-electron chi connectivity index (χ2n) is 4.35. The monoisotopic (exact) mass is 334 g/mol. The number of thiophene rings is 1. The van der Waals surface area contributed by atoms with Gasteiger partial charge in [0.2, 0.25) is 0 Å². The molecule has 0 aliphatic heterocycles. The van der Waals surface area contributed by atoms with Gasteiger partial charge < -0.3 is 4.74 Å². The molecule has 0 fully saturated rings. The van der Waals surface area contributed by atoms with Crippen molar-refractivity contribution in [3.8, 4) is 11.5 Å². The third-order valence-electron chi connectivity index (χ3n) is 2.85. The van der Waals surface area contributed by atoms with Gasteiger partial charge >= 0.3 is 0 Å². The molecule has 23 heavy (non-hydrogen) atoms. The third-order valence-corrected chi connectivity index (χ3v) is 3.90. The zero-order chi connectivity index (χ0) is 17.0. The van der Waals surface area contributed by atoms with E-state index in [1.165, 1.54) is 23.5 Å². The minimum atomic E-state index is -0.776. The molecule has 0 bridgehead atoms. The molecule has 0 atom stereocenters. The van der Waals surface area contributed by atoms with Crippen molar-refractivity contribution in [1.82, 2.24) is 4.98 Å². The van der Waals surface area contributed by atoms with Crippen LogP contribution >= 0.6 is 11.3 Å². The van der Waals surface area contributed by atoms with E-state index in [1.807, 2.05) is 26.8 Å². The van der Waals surface area contributed by atoms with E-state index in [1.54, 1.807) is 12.3 Å². The van der Waals surface area contributed by atoms with E-state index >= 15 is 0 Å². The van der Waals surface area contributed by atoms with Crippen molar-refractivity contribution in [2.24, 2.45) is 0 Å². The van der Waals surface area contributed by atoms with Crippen LogP contribution in [0.3, 0.4) is 0 Å². The summed E-state index contributed by atoms with van der Waals surface area (Å²) in [5.41, 5.74) is 0.462. The molecule has 3 rings (SSSR count). The zero-order valence-corrected chi connectivity index (χ0v) is 13.7. The maximum atomic E-state index is 13.9. The van der Waals surface area contributed by atoms with Crippen LogP contribution in [0.25, 0.3) is 10.2 Å². The van der Waals surface area contributed by atoms with E-state index in [0.717, 1.165) is 21.2 Å². The molecule has 0 aliphatic rings. The number of rotatable bonds is 3. The van der Waals surface area contributed by atoms with Gasteiger partial charge in [0.25, 0.3) is 5.69 Å². The zero-order valence-electron chi connectivity index (χ0n) is 12.9. The third kappa shape index (κ3) is 3.62. The second-order valence-corrected chi connectivity index (χ2v) is 5.61. The first-order chi connectivity index (χ1) is 11.0. The first-order valence-corrected chi connectivity index (χ1v) is 7.83. The summed E-state index contributed by atoms with van der Waals surface area (Å²) in [5.74, 6) is -0.354. The smallest absolute Gasteiger partial charge is 0.272 e. The lowest BCUT2D eigenvalue weighted by Crippen LogP contribution is -1.92. The molecule has 0 N–H and O–H groups in total. The Morgan fingerprint density at radius 1 is 1.22 bits per heavy atom. The number of aryl methyl sites for hydroxylation is 1. The average Bonchev–Trinajstić information content (AvgIpc) is 2.92. The van der Waals surface area contributed by atoms with Crippen molar-refractivity contribution in [3.05, 3.63) is 57.3 Å². The molecule has 7 heteroatoms. The van der Waals surface area contributed by atoms with E-state index in [2.05, 4.69) is 4.98 Å². The number of nitrogens with zero attached hydrogens (tertiary/aromatic N) is 2. The van der Waals surface area contributed by atoms with E-state index < -0.39 is 10.7 Å². The number of hydrogen-bond donors (Lipinski definition) is 0. The van der Waals surface area contributed by atoms with Gasteiger partial charge in [-0.05, 0) is 19.1 Å². The van der Waals surface area contributed by atoms with Gasteiger partial charge in [0.1, 0.15) is 5.75 Å². The minimum Gasteiger partial charge on any atom is -0.453 e. The van der Waals surface area contributed by atoms with Gasteiger partial charge in [-0.15, -0.1) is 11.3 Å². The SMILES string of the molecule is CC.Cc1cc2nccc(Oc3ccc([N+](=O)[O-])cc3F)c2s1. The number of non-ortho nitro benzene ring substituents is 1. The number of nitro benzene ring substituents is 1. The fourth-order valence-electron chi connectivity index (χ4n) is 1.92. The topological polar surface area (TPSA) is 65.3 Å². The standard InChI is InChI=1S/C14H9FN2O3S.C2H6/c1-8-6-11-14(21-8)13(4-5-16-11)20-12-3-2-9(17(18)19)7-10(12)15;1-2/h2-7H,1H3;1-2H3. The molecule has 5 nitrogen and oxygen atoms in total. The fourth-order valence-corrected chi connectivity index (χ4v) is 2.84. The van der Waals surface area contributed by atoms with Crippen LogP contribution in [0.5, 0.6) is 11.5 Å². The van der Waals surface area contributed by atoms with Crippen LogP contribution in [-0.4, -0.2) is 9.91 Å². The highest BCUT2D eigenvalue weighted by atomic mass is 32.1. The van der Waals surface area contributed by atoms with Crippen LogP contribution < -0.4 is 4.74 Å². The summed E-state index contributed by atoms with van der Waals surface area (Å²) in [6.45, 7) is 5.95. The summed E-state index contributed by atoms with van der Waals surface area (Å²) < 4.78 is 20.2. The number of hydrogen-bond acceptors (Lipinski definition) is 5. The molecule has 2 heterocycles. The van der Waals surface area contributed by atoms with Crippen LogP contribution in [0, 0.1) is 22.9 Å². The van der Waals surface area contributed by atoms with Crippen molar-refractivity contribution in [2.45, 2.75) is 20.8 Å². The predicted octanol–water partition coefficient (Wildman–Crippen LogP) is 5.47. The largest absolute Gasteiger partial charge is 0.453 e. The Morgan fingerprint density at radius 2 is 1.96 bits per heavy atom. The molecule has 0 spiro atoms. The number of ether oxygens (including phenoxy) is 1. The van der Waals surface area contributed by atoms with Gasteiger partial charge in [0.15, 0.2) is 11.6 Å². The molecule has 0 aliphatic carbocycles.